The van der Waals surface area contributed by atoms with Gasteiger partial charge in [-0.15, -0.1) is 11.3 Å². The molecule has 3 aromatic rings. The molecular weight excluding hydrogens is 322 g/mol. The van der Waals surface area contributed by atoms with Gasteiger partial charge in [0.1, 0.15) is 5.01 Å². The summed E-state index contributed by atoms with van der Waals surface area (Å²) in [6.45, 7) is 0.775. The Morgan fingerprint density at radius 2 is 2.12 bits per heavy atom. The quantitative estimate of drug-likeness (QED) is 0.613. The van der Waals surface area contributed by atoms with E-state index in [0.29, 0.717) is 6.42 Å². The molecule has 0 aliphatic heterocycles. The van der Waals surface area contributed by atoms with Crippen LogP contribution in [0.5, 0.6) is 0 Å². The maximum Gasteiger partial charge on any atom is 0.362 e. The van der Waals surface area contributed by atoms with Crippen molar-refractivity contribution < 1.29 is 15.2 Å². The van der Waals surface area contributed by atoms with Gasteiger partial charge < -0.3 is 10.4 Å². The summed E-state index contributed by atoms with van der Waals surface area (Å²) in [6, 6.07) is 11.4. The molecule has 124 valence electrons. The summed E-state index contributed by atoms with van der Waals surface area (Å²) in [7, 11) is 0. The van der Waals surface area contributed by atoms with Gasteiger partial charge in [0.25, 0.3) is 0 Å². The molecule has 24 heavy (non-hydrogen) atoms. The number of carbonyl (C=O) groups is 1. The first-order chi connectivity index (χ1) is 11.7. The lowest BCUT2D eigenvalue weighted by molar-refractivity contribution is -0.678. The van der Waals surface area contributed by atoms with Crippen molar-refractivity contribution >= 4 is 27.5 Å². The lowest BCUT2D eigenvalue weighted by atomic mass is 10.1. The maximum atomic E-state index is 11.5. The lowest BCUT2D eigenvalue weighted by Gasteiger charge is -2.09. The van der Waals surface area contributed by atoms with Crippen LogP contribution in [0.3, 0.4) is 0 Å². The fraction of sp³-hybridized carbons (Fsp3) is 0.278. The van der Waals surface area contributed by atoms with Crippen LogP contribution in [0.2, 0.25) is 0 Å². The van der Waals surface area contributed by atoms with E-state index in [1.807, 2.05) is 47.9 Å². The Morgan fingerprint density at radius 1 is 1.25 bits per heavy atom. The fourth-order valence-electron chi connectivity index (χ4n) is 2.64. The molecule has 0 unspecified atom stereocenters. The molecule has 2 heterocycles. The number of aryl methyl sites for hydroxylation is 1. The Labute approximate surface area is 144 Å². The molecular formula is C18H20N3O2S+. The summed E-state index contributed by atoms with van der Waals surface area (Å²) in [5.74, 6) is -0.782. The van der Waals surface area contributed by atoms with Crippen molar-refractivity contribution in [2.24, 2.45) is 0 Å². The molecule has 0 fully saturated rings. The Morgan fingerprint density at radius 3 is 2.88 bits per heavy atom. The molecule has 0 amide bonds. The van der Waals surface area contributed by atoms with Gasteiger partial charge in [-0.3, -0.25) is 4.98 Å². The van der Waals surface area contributed by atoms with Gasteiger partial charge in [0.15, 0.2) is 6.04 Å². The van der Waals surface area contributed by atoms with Crippen LogP contribution in [-0.4, -0.2) is 33.6 Å². The number of thiazole rings is 1. The number of nitrogens with two attached hydrogens (primary N) is 1. The molecule has 6 heteroatoms. The van der Waals surface area contributed by atoms with Crippen molar-refractivity contribution in [2.45, 2.75) is 25.3 Å². The summed E-state index contributed by atoms with van der Waals surface area (Å²) in [4.78, 5) is 20.1. The van der Waals surface area contributed by atoms with Crippen molar-refractivity contribution in [2.75, 3.05) is 6.54 Å². The Hall–Kier alpha value is -2.31. The van der Waals surface area contributed by atoms with Gasteiger partial charge in [-0.1, -0.05) is 18.2 Å². The fourth-order valence-corrected chi connectivity index (χ4v) is 3.66. The van der Waals surface area contributed by atoms with Gasteiger partial charge in [0.2, 0.25) is 0 Å². The molecule has 0 radical (unpaired) electrons. The van der Waals surface area contributed by atoms with E-state index >= 15 is 0 Å². The standard InChI is InChI=1S/C18H19N3O2S/c22-18(23)15(20-10-4-6-13-5-3-9-19-12-13)11-17-21-14-7-1-2-8-16(14)24-17/h1-3,5,7-9,12,15,20H,4,6,10-11H2,(H,22,23)/p+1/t15-/m0/s1. The minimum absolute atomic E-state index is 0.460. The highest BCUT2D eigenvalue weighted by Gasteiger charge is 2.22. The molecule has 0 aliphatic rings. The first kappa shape index (κ1) is 16.5. The average molecular weight is 342 g/mol. The highest BCUT2D eigenvalue weighted by Crippen LogP contribution is 2.22. The molecule has 0 saturated heterocycles. The largest absolute Gasteiger partial charge is 0.477 e. The van der Waals surface area contributed by atoms with Gasteiger partial charge in [0.05, 0.1) is 23.2 Å². The lowest BCUT2D eigenvalue weighted by Crippen LogP contribution is -2.92. The van der Waals surface area contributed by atoms with Crippen LogP contribution >= 0.6 is 11.3 Å². The van der Waals surface area contributed by atoms with Crippen LogP contribution in [0.4, 0.5) is 0 Å². The third-order valence-corrected chi connectivity index (χ3v) is 4.95. The summed E-state index contributed by atoms with van der Waals surface area (Å²) < 4.78 is 1.10. The SMILES string of the molecule is O=C(O)[C@H](Cc1nc2ccccc2s1)[NH2+]CCCc1cccnc1. The minimum Gasteiger partial charge on any atom is -0.477 e. The second kappa shape index (κ2) is 7.99. The van der Waals surface area contributed by atoms with Crippen molar-refractivity contribution in [1.29, 1.82) is 0 Å². The highest BCUT2D eigenvalue weighted by molar-refractivity contribution is 7.18. The minimum atomic E-state index is -0.782. The molecule has 0 saturated carbocycles. The molecule has 0 aliphatic carbocycles. The van der Waals surface area contributed by atoms with Gasteiger partial charge in [0, 0.05) is 18.8 Å². The van der Waals surface area contributed by atoms with Gasteiger partial charge >= 0.3 is 5.97 Å². The Kier molecular flexibility index (Phi) is 5.51. The number of pyridine rings is 1. The van der Waals surface area contributed by atoms with Gasteiger partial charge in [-0.2, -0.15) is 0 Å². The van der Waals surface area contributed by atoms with Crippen LogP contribution in [-0.2, 0) is 17.6 Å². The van der Waals surface area contributed by atoms with E-state index in [-0.39, 0.29) is 0 Å². The van der Waals surface area contributed by atoms with Crippen LogP contribution in [0.1, 0.15) is 17.0 Å². The molecule has 1 aromatic carbocycles. The topological polar surface area (TPSA) is 79.7 Å². The zero-order valence-corrected chi connectivity index (χ0v) is 14.1. The van der Waals surface area contributed by atoms with E-state index in [4.69, 9.17) is 0 Å². The van der Waals surface area contributed by atoms with E-state index in [9.17, 15) is 9.90 Å². The van der Waals surface area contributed by atoms with Crippen molar-refractivity contribution in [3.63, 3.8) is 0 Å². The number of carboxylic acid groups (broad SMARTS) is 1. The second-order valence-corrected chi connectivity index (χ2v) is 6.83. The van der Waals surface area contributed by atoms with E-state index in [2.05, 4.69) is 9.97 Å². The maximum absolute atomic E-state index is 11.5. The van der Waals surface area contributed by atoms with Crippen molar-refractivity contribution in [1.82, 2.24) is 9.97 Å². The first-order valence-electron chi connectivity index (χ1n) is 8.02. The van der Waals surface area contributed by atoms with Gasteiger partial charge in [-0.25, -0.2) is 9.78 Å². The number of para-hydroxylation sites is 1. The van der Waals surface area contributed by atoms with Crippen LogP contribution in [0, 0.1) is 0 Å². The number of aromatic nitrogens is 2. The predicted molar refractivity (Wildman–Crippen MR) is 94.1 cm³/mol. The monoisotopic (exact) mass is 342 g/mol. The first-order valence-corrected chi connectivity index (χ1v) is 8.83. The highest BCUT2D eigenvalue weighted by atomic mass is 32.1. The van der Waals surface area contributed by atoms with E-state index in [1.165, 1.54) is 5.56 Å². The number of hydrogen-bond acceptors (Lipinski definition) is 4. The number of nitrogens with zero attached hydrogens (tertiary/aromatic N) is 2. The predicted octanol–water partition coefficient (Wildman–Crippen LogP) is 1.88. The molecule has 3 N–H and O–H groups in total. The van der Waals surface area contributed by atoms with Crippen molar-refractivity contribution in [3.05, 3.63) is 59.4 Å². The normalized spacial score (nSPS) is 12.3. The summed E-state index contributed by atoms with van der Waals surface area (Å²) >= 11 is 1.58. The third-order valence-electron chi connectivity index (χ3n) is 3.89. The summed E-state index contributed by atoms with van der Waals surface area (Å²) in [5, 5.41) is 12.3. The van der Waals surface area contributed by atoms with E-state index in [1.54, 1.807) is 17.5 Å². The molecule has 0 spiro atoms. The molecule has 5 nitrogen and oxygen atoms in total. The van der Waals surface area contributed by atoms with Crippen LogP contribution < -0.4 is 5.32 Å². The zero-order valence-electron chi connectivity index (χ0n) is 13.3. The van der Waals surface area contributed by atoms with E-state index in [0.717, 1.165) is 34.6 Å². The molecule has 2 aromatic heterocycles. The third kappa shape index (κ3) is 4.37. The smallest absolute Gasteiger partial charge is 0.362 e. The number of carboxylic acids is 1. The number of benzene rings is 1. The summed E-state index contributed by atoms with van der Waals surface area (Å²) in [5.41, 5.74) is 2.13. The molecule has 0 bridgehead atoms. The van der Waals surface area contributed by atoms with E-state index < -0.39 is 12.0 Å². The Balaban J connectivity index is 1.53. The molecule has 3 rings (SSSR count). The molecule has 1 atom stereocenters. The Bertz CT molecular complexity index is 771. The zero-order chi connectivity index (χ0) is 16.8. The second-order valence-electron chi connectivity index (χ2n) is 5.71. The number of quaternary nitrogens is 1. The van der Waals surface area contributed by atoms with Crippen LogP contribution in [0.15, 0.2) is 48.8 Å². The number of aliphatic carboxylic acids is 1. The van der Waals surface area contributed by atoms with Crippen molar-refractivity contribution in [3.8, 4) is 0 Å². The number of hydrogen-bond donors (Lipinski definition) is 2. The summed E-state index contributed by atoms with van der Waals surface area (Å²) in [6.07, 6.45) is 5.92. The van der Waals surface area contributed by atoms with Gasteiger partial charge in [-0.05, 0) is 30.2 Å². The average Bonchev–Trinajstić information content (AvgIpc) is 3.01. The number of rotatable bonds is 8. The number of fused-ring (bicyclic) bond motifs is 1. The van der Waals surface area contributed by atoms with Crippen LogP contribution in [0.25, 0.3) is 10.2 Å².